The maximum absolute atomic E-state index is 5.56. The van der Waals surface area contributed by atoms with Gasteiger partial charge in [0.05, 0.1) is 0 Å². The van der Waals surface area contributed by atoms with Crippen molar-refractivity contribution in [2.75, 3.05) is 0 Å². The summed E-state index contributed by atoms with van der Waals surface area (Å²) in [5, 5.41) is 0. The van der Waals surface area contributed by atoms with Gasteiger partial charge < -0.3 is 5.73 Å². The molecule has 1 unspecified atom stereocenters. The molecule has 0 aliphatic heterocycles. The molecule has 0 fully saturated rings. The van der Waals surface area contributed by atoms with E-state index in [1.54, 1.807) is 6.08 Å². The molecule has 0 amide bonds. The van der Waals surface area contributed by atoms with Gasteiger partial charge in [0, 0.05) is 6.04 Å². The molecule has 1 atom stereocenters. The molecule has 0 aromatic rings. The van der Waals surface area contributed by atoms with Crippen LogP contribution in [0.4, 0.5) is 0 Å². The van der Waals surface area contributed by atoms with E-state index in [9.17, 15) is 0 Å². The minimum absolute atomic E-state index is 0.190. The third-order valence-corrected chi connectivity index (χ3v) is 1.05. The highest BCUT2D eigenvalue weighted by Gasteiger charge is 1.98. The quantitative estimate of drug-likeness (QED) is 0.626. The fourth-order valence-electron chi connectivity index (χ4n) is 0.641. The van der Waals surface area contributed by atoms with Gasteiger partial charge in [-0.3, -0.25) is 0 Å². The molecule has 0 rings (SSSR count). The first-order valence-electron chi connectivity index (χ1n) is 4.46. The molecule has 0 aliphatic carbocycles. The second kappa shape index (κ2) is 9.70. The molecular formula is C10H23N. The van der Waals surface area contributed by atoms with E-state index in [-0.39, 0.29) is 6.04 Å². The molecule has 2 N–H and O–H groups in total. The minimum Gasteiger partial charge on any atom is -0.324 e. The molecule has 0 saturated heterocycles. The maximum atomic E-state index is 5.56. The van der Waals surface area contributed by atoms with Crippen molar-refractivity contribution in [3.8, 4) is 0 Å². The van der Waals surface area contributed by atoms with Crippen molar-refractivity contribution < 1.29 is 0 Å². The van der Waals surface area contributed by atoms with E-state index in [1.807, 2.05) is 0 Å². The molecule has 0 radical (unpaired) electrons. The summed E-state index contributed by atoms with van der Waals surface area (Å²) in [7, 11) is 0. The Kier molecular flexibility index (Phi) is 11.7. The lowest BCUT2D eigenvalue weighted by Crippen LogP contribution is -2.18. The fraction of sp³-hybridized carbons (Fsp3) is 0.800. The van der Waals surface area contributed by atoms with Crippen LogP contribution in [0.1, 0.15) is 40.5 Å². The van der Waals surface area contributed by atoms with Crippen molar-refractivity contribution in [1.82, 2.24) is 0 Å². The molecule has 0 aromatic heterocycles. The minimum atomic E-state index is 0.190. The summed E-state index contributed by atoms with van der Waals surface area (Å²) in [5.41, 5.74) is 5.56. The number of nitrogens with two attached hydrogens (primary N) is 1. The molecular weight excluding hydrogens is 134 g/mol. The first-order chi connectivity index (χ1) is 5.08. The van der Waals surface area contributed by atoms with Crippen LogP contribution in [0, 0.1) is 5.92 Å². The van der Waals surface area contributed by atoms with Crippen LogP contribution in [-0.2, 0) is 0 Å². The Morgan fingerprint density at radius 3 is 1.82 bits per heavy atom. The Hall–Kier alpha value is -0.300. The molecule has 1 nitrogen and oxygen atoms in total. The standard InChI is InChI=1S/C7H15N.C3H8/c1-4-7(8)5-6(2)3;1-3-2/h4,6-7H,1,5,8H2,2-3H3;3H2,1-2H3. The van der Waals surface area contributed by atoms with Crippen LogP contribution in [0.5, 0.6) is 0 Å². The van der Waals surface area contributed by atoms with E-state index in [1.165, 1.54) is 6.42 Å². The van der Waals surface area contributed by atoms with Gasteiger partial charge in [0.15, 0.2) is 0 Å². The molecule has 0 aliphatic rings. The highest BCUT2D eigenvalue weighted by molar-refractivity contribution is 4.82. The van der Waals surface area contributed by atoms with E-state index in [0.717, 1.165) is 6.42 Å². The lowest BCUT2D eigenvalue weighted by molar-refractivity contribution is 0.547. The smallest absolute Gasteiger partial charge is 0.0223 e. The summed E-state index contributed by atoms with van der Waals surface area (Å²) in [4.78, 5) is 0. The topological polar surface area (TPSA) is 26.0 Å². The average molecular weight is 157 g/mol. The zero-order chi connectivity index (χ0) is 9.28. The molecule has 0 aromatic carbocycles. The van der Waals surface area contributed by atoms with Crippen molar-refractivity contribution in [3.63, 3.8) is 0 Å². The van der Waals surface area contributed by atoms with Crippen LogP contribution in [0.25, 0.3) is 0 Å². The lowest BCUT2D eigenvalue weighted by atomic mass is 10.1. The van der Waals surface area contributed by atoms with Gasteiger partial charge in [0.25, 0.3) is 0 Å². The second-order valence-corrected chi connectivity index (χ2v) is 3.24. The average Bonchev–Trinajstić information content (AvgIpc) is 1.88. The van der Waals surface area contributed by atoms with Gasteiger partial charge in [-0.2, -0.15) is 0 Å². The zero-order valence-electron chi connectivity index (χ0n) is 8.43. The molecule has 68 valence electrons. The van der Waals surface area contributed by atoms with Gasteiger partial charge in [-0.15, -0.1) is 6.58 Å². The number of hydrogen-bond acceptors (Lipinski definition) is 1. The SMILES string of the molecule is C=CC(N)CC(C)C.CCC. The highest BCUT2D eigenvalue weighted by Crippen LogP contribution is 2.01. The second-order valence-electron chi connectivity index (χ2n) is 3.24. The fourth-order valence-corrected chi connectivity index (χ4v) is 0.641. The van der Waals surface area contributed by atoms with Crippen LogP contribution in [-0.4, -0.2) is 6.04 Å². The van der Waals surface area contributed by atoms with E-state index in [0.29, 0.717) is 5.92 Å². The molecule has 0 bridgehead atoms. The van der Waals surface area contributed by atoms with Gasteiger partial charge in [-0.25, -0.2) is 0 Å². The summed E-state index contributed by atoms with van der Waals surface area (Å²) < 4.78 is 0. The van der Waals surface area contributed by atoms with Crippen LogP contribution < -0.4 is 5.73 Å². The summed E-state index contributed by atoms with van der Waals surface area (Å²) in [6, 6.07) is 0.190. The lowest BCUT2D eigenvalue weighted by Gasteiger charge is -2.07. The van der Waals surface area contributed by atoms with Crippen LogP contribution in [0.2, 0.25) is 0 Å². The van der Waals surface area contributed by atoms with E-state index < -0.39 is 0 Å². The number of hydrogen-bond donors (Lipinski definition) is 1. The van der Waals surface area contributed by atoms with Crippen LogP contribution in [0.3, 0.4) is 0 Å². The summed E-state index contributed by atoms with van der Waals surface area (Å²) in [5.74, 6) is 0.683. The molecule has 0 spiro atoms. The first kappa shape index (κ1) is 13.3. The van der Waals surface area contributed by atoms with Gasteiger partial charge in [0.2, 0.25) is 0 Å². The van der Waals surface area contributed by atoms with E-state index in [4.69, 9.17) is 5.73 Å². The Morgan fingerprint density at radius 2 is 1.73 bits per heavy atom. The molecule has 0 heterocycles. The van der Waals surface area contributed by atoms with E-state index in [2.05, 4.69) is 34.3 Å². The highest BCUT2D eigenvalue weighted by atomic mass is 14.6. The van der Waals surface area contributed by atoms with Gasteiger partial charge in [-0.05, 0) is 12.3 Å². The maximum Gasteiger partial charge on any atom is 0.0223 e. The summed E-state index contributed by atoms with van der Waals surface area (Å²) in [6.07, 6.45) is 4.09. The predicted molar refractivity (Wildman–Crippen MR) is 53.6 cm³/mol. The van der Waals surface area contributed by atoms with Gasteiger partial charge in [-0.1, -0.05) is 40.2 Å². The summed E-state index contributed by atoms with van der Waals surface area (Å²) >= 11 is 0. The molecule has 0 saturated carbocycles. The summed E-state index contributed by atoms with van der Waals surface area (Å²) in [6.45, 7) is 12.2. The Balaban J connectivity index is 0. The Bertz CT molecular complexity index is 76.9. The van der Waals surface area contributed by atoms with Gasteiger partial charge in [0.1, 0.15) is 0 Å². The Morgan fingerprint density at radius 1 is 1.36 bits per heavy atom. The van der Waals surface area contributed by atoms with Crippen molar-refractivity contribution in [3.05, 3.63) is 12.7 Å². The number of rotatable bonds is 3. The van der Waals surface area contributed by atoms with Gasteiger partial charge >= 0.3 is 0 Å². The molecule has 1 heteroatoms. The zero-order valence-corrected chi connectivity index (χ0v) is 8.43. The van der Waals surface area contributed by atoms with Crippen molar-refractivity contribution >= 4 is 0 Å². The van der Waals surface area contributed by atoms with Crippen molar-refractivity contribution in [1.29, 1.82) is 0 Å². The van der Waals surface area contributed by atoms with E-state index >= 15 is 0 Å². The van der Waals surface area contributed by atoms with Crippen LogP contribution >= 0.6 is 0 Å². The van der Waals surface area contributed by atoms with Crippen LogP contribution in [0.15, 0.2) is 12.7 Å². The predicted octanol–water partition coefficient (Wildman–Crippen LogP) is 2.96. The monoisotopic (exact) mass is 157 g/mol. The first-order valence-corrected chi connectivity index (χ1v) is 4.46. The normalized spacial score (nSPS) is 11.8. The molecule has 11 heavy (non-hydrogen) atoms. The third-order valence-electron chi connectivity index (χ3n) is 1.05. The Labute approximate surface area is 71.7 Å². The largest absolute Gasteiger partial charge is 0.324 e. The van der Waals surface area contributed by atoms with Crippen molar-refractivity contribution in [2.24, 2.45) is 11.7 Å². The van der Waals surface area contributed by atoms with Crippen molar-refractivity contribution in [2.45, 2.75) is 46.6 Å². The third kappa shape index (κ3) is 17.7.